The van der Waals surface area contributed by atoms with Gasteiger partial charge in [-0.15, -0.1) is 0 Å². The fourth-order valence-corrected chi connectivity index (χ4v) is 3.76. The quantitative estimate of drug-likeness (QED) is 0.767. The van der Waals surface area contributed by atoms with Crippen LogP contribution in [0.1, 0.15) is 24.0 Å². The number of carbonyl (C=O) groups is 2. The van der Waals surface area contributed by atoms with Gasteiger partial charge >= 0.3 is 0 Å². The Bertz CT molecular complexity index is 704. The molecule has 1 aliphatic heterocycles. The number of carbonyl (C=O) groups excluding carboxylic acids is 2. The molecule has 1 heterocycles. The lowest BCUT2D eigenvalue weighted by atomic mass is 10.0. The number of aryl methyl sites for hydroxylation is 1. The SMILES string of the molecule is Cc1cccc(N2CCN(C(=O)C3(C(=O)NCCN(C)C)CC3)CC2)c1C. The van der Waals surface area contributed by atoms with Crippen LogP contribution in [-0.2, 0) is 9.59 Å². The molecule has 0 aromatic heterocycles. The molecule has 1 aliphatic carbocycles. The molecular formula is C21H32N4O2. The molecule has 6 heteroatoms. The number of nitrogens with one attached hydrogen (secondary N) is 1. The fraction of sp³-hybridized carbons (Fsp3) is 0.619. The van der Waals surface area contributed by atoms with Gasteiger partial charge in [-0.2, -0.15) is 0 Å². The molecule has 1 saturated carbocycles. The number of benzene rings is 1. The summed E-state index contributed by atoms with van der Waals surface area (Å²) in [7, 11) is 3.94. The number of nitrogens with zero attached hydrogens (tertiary/aromatic N) is 3. The first-order valence-electron chi connectivity index (χ1n) is 9.89. The third kappa shape index (κ3) is 4.10. The molecular weight excluding hydrogens is 340 g/mol. The van der Waals surface area contributed by atoms with Crippen LogP contribution >= 0.6 is 0 Å². The highest BCUT2D eigenvalue weighted by Gasteiger charge is 2.58. The van der Waals surface area contributed by atoms with E-state index in [9.17, 15) is 9.59 Å². The van der Waals surface area contributed by atoms with Gasteiger partial charge in [-0.25, -0.2) is 0 Å². The lowest BCUT2D eigenvalue weighted by Gasteiger charge is -2.38. The molecule has 0 spiro atoms. The minimum Gasteiger partial charge on any atom is -0.368 e. The summed E-state index contributed by atoms with van der Waals surface area (Å²) in [6.45, 7) is 8.64. The van der Waals surface area contributed by atoms with E-state index < -0.39 is 5.41 Å². The predicted octanol–water partition coefficient (Wildman–Crippen LogP) is 1.41. The zero-order valence-corrected chi connectivity index (χ0v) is 17.0. The maximum atomic E-state index is 13.0. The molecule has 0 unspecified atom stereocenters. The molecule has 2 aliphatic rings. The van der Waals surface area contributed by atoms with E-state index in [1.807, 2.05) is 23.9 Å². The van der Waals surface area contributed by atoms with E-state index in [0.717, 1.165) is 19.6 Å². The Morgan fingerprint density at radius 3 is 2.37 bits per heavy atom. The number of likely N-dealkylation sites (N-methyl/N-ethyl adjacent to an activating group) is 1. The maximum absolute atomic E-state index is 13.0. The maximum Gasteiger partial charge on any atom is 0.238 e. The predicted molar refractivity (Wildman–Crippen MR) is 108 cm³/mol. The molecule has 27 heavy (non-hydrogen) atoms. The average molecular weight is 373 g/mol. The Morgan fingerprint density at radius 2 is 1.78 bits per heavy atom. The number of anilines is 1. The highest BCUT2D eigenvalue weighted by Crippen LogP contribution is 2.47. The van der Waals surface area contributed by atoms with Crippen LogP contribution in [0.15, 0.2) is 18.2 Å². The van der Waals surface area contributed by atoms with E-state index in [1.54, 1.807) is 0 Å². The third-order valence-corrected chi connectivity index (χ3v) is 5.92. The third-order valence-electron chi connectivity index (χ3n) is 5.92. The van der Waals surface area contributed by atoms with Crippen molar-refractivity contribution in [3.05, 3.63) is 29.3 Å². The summed E-state index contributed by atoms with van der Waals surface area (Å²) in [6.07, 6.45) is 1.35. The van der Waals surface area contributed by atoms with Crippen molar-refractivity contribution < 1.29 is 9.59 Å². The molecule has 0 atom stereocenters. The Balaban J connectivity index is 1.57. The van der Waals surface area contributed by atoms with Crippen molar-refractivity contribution in [2.24, 2.45) is 5.41 Å². The standard InChI is InChI=1S/C21H32N4O2/c1-16-6-5-7-18(17(16)2)24-12-14-25(15-13-24)20(27)21(8-9-21)19(26)22-10-11-23(3)4/h5-7H,8-15H2,1-4H3,(H,22,26). The first-order valence-corrected chi connectivity index (χ1v) is 9.89. The summed E-state index contributed by atoms with van der Waals surface area (Å²) in [5, 5.41) is 2.95. The van der Waals surface area contributed by atoms with Gasteiger partial charge in [-0.1, -0.05) is 12.1 Å². The van der Waals surface area contributed by atoms with Crippen LogP contribution in [0.4, 0.5) is 5.69 Å². The molecule has 0 radical (unpaired) electrons. The minimum atomic E-state index is -0.798. The first-order chi connectivity index (χ1) is 12.8. The minimum absolute atomic E-state index is 0.0190. The van der Waals surface area contributed by atoms with Gasteiger partial charge in [0.05, 0.1) is 0 Å². The van der Waals surface area contributed by atoms with Crippen LogP contribution in [-0.4, -0.2) is 75.0 Å². The van der Waals surface area contributed by atoms with E-state index in [2.05, 4.69) is 42.3 Å². The number of hydrogen-bond donors (Lipinski definition) is 1. The number of rotatable bonds is 6. The molecule has 3 rings (SSSR count). The summed E-state index contributed by atoms with van der Waals surface area (Å²) in [6, 6.07) is 6.37. The van der Waals surface area contributed by atoms with Crippen molar-refractivity contribution >= 4 is 17.5 Å². The monoisotopic (exact) mass is 372 g/mol. The summed E-state index contributed by atoms with van der Waals surface area (Å²) < 4.78 is 0. The topological polar surface area (TPSA) is 55.9 Å². The highest BCUT2D eigenvalue weighted by atomic mass is 16.2. The van der Waals surface area contributed by atoms with Crippen molar-refractivity contribution in [1.29, 1.82) is 0 Å². The van der Waals surface area contributed by atoms with Crippen molar-refractivity contribution in [3.8, 4) is 0 Å². The van der Waals surface area contributed by atoms with Crippen molar-refractivity contribution in [2.45, 2.75) is 26.7 Å². The summed E-state index contributed by atoms with van der Waals surface area (Å²) in [5.41, 5.74) is 3.05. The molecule has 0 bridgehead atoms. The molecule has 1 aromatic carbocycles. The van der Waals surface area contributed by atoms with Gasteiger partial charge in [0.1, 0.15) is 5.41 Å². The van der Waals surface area contributed by atoms with Crippen molar-refractivity contribution in [3.63, 3.8) is 0 Å². The normalized spacial score (nSPS) is 18.6. The summed E-state index contributed by atoms with van der Waals surface area (Å²) in [4.78, 5) is 31.9. The van der Waals surface area contributed by atoms with E-state index in [-0.39, 0.29) is 11.8 Å². The average Bonchev–Trinajstić information content (AvgIpc) is 3.45. The van der Waals surface area contributed by atoms with Crippen molar-refractivity contribution in [2.75, 3.05) is 58.3 Å². The highest BCUT2D eigenvalue weighted by molar-refractivity contribution is 6.07. The fourth-order valence-electron chi connectivity index (χ4n) is 3.76. The second-order valence-corrected chi connectivity index (χ2v) is 8.14. The second kappa shape index (κ2) is 7.89. The molecule has 2 amide bonds. The van der Waals surface area contributed by atoms with E-state index in [4.69, 9.17) is 0 Å². The van der Waals surface area contributed by atoms with Gasteiger partial charge in [-0.3, -0.25) is 9.59 Å². The van der Waals surface area contributed by atoms with Gasteiger partial charge in [0.2, 0.25) is 11.8 Å². The Kier molecular flexibility index (Phi) is 5.75. The summed E-state index contributed by atoms with van der Waals surface area (Å²) in [5.74, 6) is -0.0724. The van der Waals surface area contributed by atoms with Crippen LogP contribution < -0.4 is 10.2 Å². The van der Waals surface area contributed by atoms with Gasteiger partial charge in [-0.05, 0) is 58.0 Å². The van der Waals surface area contributed by atoms with E-state index in [0.29, 0.717) is 32.5 Å². The molecule has 2 fully saturated rings. The van der Waals surface area contributed by atoms with Gasteiger partial charge < -0.3 is 20.0 Å². The number of piperazine rings is 1. The molecule has 1 saturated heterocycles. The number of hydrogen-bond acceptors (Lipinski definition) is 4. The largest absolute Gasteiger partial charge is 0.368 e. The first kappa shape index (κ1) is 19.7. The summed E-state index contributed by atoms with van der Waals surface area (Å²) >= 11 is 0. The van der Waals surface area contributed by atoms with Crippen LogP contribution in [0.3, 0.4) is 0 Å². The van der Waals surface area contributed by atoms with Gasteiger partial charge in [0.15, 0.2) is 0 Å². The van der Waals surface area contributed by atoms with Gasteiger partial charge in [0.25, 0.3) is 0 Å². The van der Waals surface area contributed by atoms with E-state index in [1.165, 1.54) is 16.8 Å². The van der Waals surface area contributed by atoms with Crippen LogP contribution in [0.2, 0.25) is 0 Å². The Labute approximate surface area is 162 Å². The second-order valence-electron chi connectivity index (χ2n) is 8.14. The lowest BCUT2D eigenvalue weighted by molar-refractivity contribution is -0.144. The molecule has 148 valence electrons. The zero-order chi connectivity index (χ0) is 19.6. The number of amides is 2. The Morgan fingerprint density at radius 1 is 1.11 bits per heavy atom. The van der Waals surface area contributed by atoms with Gasteiger partial charge in [0, 0.05) is 45.0 Å². The van der Waals surface area contributed by atoms with E-state index >= 15 is 0 Å². The van der Waals surface area contributed by atoms with Crippen LogP contribution in [0.25, 0.3) is 0 Å². The zero-order valence-electron chi connectivity index (χ0n) is 17.0. The van der Waals surface area contributed by atoms with Crippen LogP contribution in [0, 0.1) is 19.3 Å². The molecule has 6 nitrogen and oxygen atoms in total. The Hall–Kier alpha value is -2.08. The van der Waals surface area contributed by atoms with Crippen molar-refractivity contribution in [1.82, 2.24) is 15.1 Å². The lowest BCUT2D eigenvalue weighted by Crippen LogP contribution is -2.53. The molecule has 1 aromatic rings. The van der Waals surface area contributed by atoms with Crippen LogP contribution in [0.5, 0.6) is 0 Å². The smallest absolute Gasteiger partial charge is 0.238 e. The molecule has 1 N–H and O–H groups in total.